The predicted molar refractivity (Wildman–Crippen MR) is 83.7 cm³/mol. The maximum Gasteiger partial charge on any atom is 0.190 e. The highest BCUT2D eigenvalue weighted by Gasteiger charge is 2.56. The second-order valence-electron chi connectivity index (χ2n) is 6.29. The highest BCUT2D eigenvalue weighted by Crippen LogP contribution is 2.40. The van der Waals surface area contributed by atoms with Gasteiger partial charge >= 0.3 is 0 Å². The first-order chi connectivity index (χ1) is 11.5. The van der Waals surface area contributed by atoms with Crippen LogP contribution in [0, 0.1) is 0 Å². The molecule has 0 radical (unpaired) electrons. The van der Waals surface area contributed by atoms with Crippen LogP contribution in [0.15, 0.2) is 35.4 Å². The van der Waals surface area contributed by atoms with Gasteiger partial charge in [-0.15, -0.1) is 0 Å². The van der Waals surface area contributed by atoms with Crippen LogP contribution < -0.4 is 0 Å². The molecule has 2 fully saturated rings. The molecule has 0 spiro atoms. The molecule has 3 rings (SSSR count). The van der Waals surface area contributed by atoms with Gasteiger partial charge in [-0.3, -0.25) is 0 Å². The van der Waals surface area contributed by atoms with Crippen LogP contribution in [0.3, 0.4) is 0 Å². The van der Waals surface area contributed by atoms with E-state index in [9.17, 15) is 5.11 Å². The fourth-order valence-electron chi connectivity index (χ4n) is 3.04. The highest BCUT2D eigenvalue weighted by molar-refractivity contribution is 5.13. The van der Waals surface area contributed by atoms with Crippen LogP contribution in [0.4, 0.5) is 0 Å². The zero-order chi connectivity index (χ0) is 17.2. The Balaban J connectivity index is 1.77. The summed E-state index contributed by atoms with van der Waals surface area (Å²) in [6, 6.07) is 8.93. The van der Waals surface area contributed by atoms with E-state index in [1.165, 1.54) is 0 Å². The van der Waals surface area contributed by atoms with E-state index in [0.29, 0.717) is 6.61 Å². The van der Waals surface area contributed by atoms with Gasteiger partial charge in [0.1, 0.15) is 18.3 Å². The van der Waals surface area contributed by atoms with Gasteiger partial charge in [0.25, 0.3) is 0 Å². The van der Waals surface area contributed by atoms with Crippen LogP contribution in [0.5, 0.6) is 0 Å². The van der Waals surface area contributed by atoms with E-state index in [0.717, 1.165) is 5.56 Å². The minimum Gasteiger partial charge on any atom is -0.396 e. The van der Waals surface area contributed by atoms with Crippen LogP contribution in [0.2, 0.25) is 0 Å². The third kappa shape index (κ3) is 3.54. The van der Waals surface area contributed by atoms with Crippen LogP contribution >= 0.6 is 0 Å². The largest absolute Gasteiger partial charge is 0.396 e. The molecule has 24 heavy (non-hydrogen) atoms. The topological polar surface area (TPSA) is 106 Å². The van der Waals surface area contributed by atoms with Crippen molar-refractivity contribution in [1.82, 2.24) is 0 Å². The van der Waals surface area contributed by atoms with Crippen molar-refractivity contribution in [3.05, 3.63) is 46.3 Å². The molecule has 0 amide bonds. The Labute approximate surface area is 139 Å². The van der Waals surface area contributed by atoms with Crippen molar-refractivity contribution < 1.29 is 24.1 Å². The Kier molecular flexibility index (Phi) is 5.05. The van der Waals surface area contributed by atoms with Gasteiger partial charge in [-0.2, -0.15) is 0 Å². The third-order valence-corrected chi connectivity index (χ3v) is 4.08. The van der Waals surface area contributed by atoms with Crippen LogP contribution in [-0.2, 0) is 25.6 Å². The first kappa shape index (κ1) is 17.2. The smallest absolute Gasteiger partial charge is 0.190 e. The van der Waals surface area contributed by atoms with Crippen molar-refractivity contribution in [2.45, 2.75) is 56.9 Å². The lowest BCUT2D eigenvalue weighted by Crippen LogP contribution is -2.43. The van der Waals surface area contributed by atoms with E-state index in [2.05, 4.69) is 10.0 Å². The molecule has 1 aromatic rings. The van der Waals surface area contributed by atoms with Gasteiger partial charge in [-0.25, -0.2) is 0 Å². The molecular weight excluding hydrogens is 314 g/mol. The molecule has 2 aliphatic rings. The summed E-state index contributed by atoms with van der Waals surface area (Å²) in [7, 11) is 0. The lowest BCUT2D eigenvalue weighted by Gasteiger charge is -2.28. The van der Waals surface area contributed by atoms with Crippen molar-refractivity contribution >= 4 is 0 Å². The number of benzene rings is 1. The van der Waals surface area contributed by atoms with Gasteiger partial charge in [-0.05, 0) is 24.9 Å². The number of fused-ring (bicyclic) bond motifs is 1. The zero-order valence-electron chi connectivity index (χ0n) is 13.6. The molecule has 0 bridgehead atoms. The minimum absolute atomic E-state index is 0.344. The summed E-state index contributed by atoms with van der Waals surface area (Å²) < 4.78 is 23.4. The third-order valence-electron chi connectivity index (χ3n) is 4.08. The zero-order valence-corrected chi connectivity index (χ0v) is 13.6. The Bertz CT molecular complexity index is 605. The van der Waals surface area contributed by atoms with Crippen molar-refractivity contribution in [2.24, 2.45) is 5.11 Å². The molecule has 0 saturated carbocycles. The molecule has 2 heterocycles. The van der Waals surface area contributed by atoms with Gasteiger partial charge in [0, 0.05) is 4.91 Å². The summed E-state index contributed by atoms with van der Waals surface area (Å²) in [4.78, 5) is 2.77. The average molecular weight is 335 g/mol. The lowest BCUT2D eigenvalue weighted by molar-refractivity contribution is -0.222. The molecule has 2 aliphatic heterocycles. The summed E-state index contributed by atoms with van der Waals surface area (Å²) >= 11 is 0. The summed E-state index contributed by atoms with van der Waals surface area (Å²) in [5.41, 5.74) is 9.70. The Hall–Kier alpha value is -1.67. The molecule has 0 aromatic heterocycles. The Morgan fingerprint density at radius 2 is 2.08 bits per heavy atom. The summed E-state index contributed by atoms with van der Waals surface area (Å²) in [5.74, 6) is -0.776. The van der Waals surface area contributed by atoms with Gasteiger partial charge < -0.3 is 24.1 Å². The summed E-state index contributed by atoms with van der Waals surface area (Å²) in [5, 5.41) is 13.1. The first-order valence-electron chi connectivity index (χ1n) is 7.86. The number of nitrogens with zero attached hydrogens (tertiary/aromatic N) is 3. The molecule has 130 valence electrons. The van der Waals surface area contributed by atoms with Crippen LogP contribution in [-0.4, -0.2) is 48.1 Å². The monoisotopic (exact) mass is 335 g/mol. The highest BCUT2D eigenvalue weighted by atomic mass is 16.8. The van der Waals surface area contributed by atoms with Crippen molar-refractivity contribution in [3.8, 4) is 0 Å². The molecule has 1 aromatic carbocycles. The van der Waals surface area contributed by atoms with Crippen LogP contribution in [0.25, 0.3) is 10.4 Å². The molecule has 0 aliphatic carbocycles. The van der Waals surface area contributed by atoms with Gasteiger partial charge in [0.2, 0.25) is 0 Å². The maximum atomic E-state index is 9.50. The maximum absolute atomic E-state index is 9.50. The summed E-state index contributed by atoms with van der Waals surface area (Å²) in [6.45, 7) is 3.61. The van der Waals surface area contributed by atoms with E-state index < -0.39 is 36.4 Å². The van der Waals surface area contributed by atoms with Gasteiger partial charge in [0.15, 0.2) is 12.1 Å². The van der Waals surface area contributed by atoms with Gasteiger partial charge in [0.05, 0.1) is 19.3 Å². The number of azide groups is 1. The summed E-state index contributed by atoms with van der Waals surface area (Å²) in [6.07, 6.45) is -2.22. The van der Waals surface area contributed by atoms with Crippen molar-refractivity contribution in [2.75, 3.05) is 6.61 Å². The van der Waals surface area contributed by atoms with Crippen LogP contribution in [0.1, 0.15) is 19.4 Å². The second kappa shape index (κ2) is 7.06. The Morgan fingerprint density at radius 1 is 1.33 bits per heavy atom. The van der Waals surface area contributed by atoms with E-state index >= 15 is 0 Å². The minimum atomic E-state index is -0.776. The number of aliphatic hydroxyl groups excluding tert-OH is 1. The quantitative estimate of drug-likeness (QED) is 0.487. The van der Waals surface area contributed by atoms with E-state index in [1.54, 1.807) is 13.8 Å². The van der Waals surface area contributed by atoms with E-state index in [-0.39, 0.29) is 6.61 Å². The second-order valence-corrected chi connectivity index (χ2v) is 6.29. The average Bonchev–Trinajstić information content (AvgIpc) is 3.03. The Morgan fingerprint density at radius 3 is 2.75 bits per heavy atom. The van der Waals surface area contributed by atoms with E-state index in [4.69, 9.17) is 24.5 Å². The number of rotatable bonds is 6. The fourth-order valence-corrected chi connectivity index (χ4v) is 3.04. The lowest BCUT2D eigenvalue weighted by atomic mass is 10.0. The molecular formula is C16H21N3O5. The molecule has 1 N–H and O–H groups in total. The number of aliphatic hydroxyl groups is 1. The van der Waals surface area contributed by atoms with Crippen molar-refractivity contribution in [3.63, 3.8) is 0 Å². The predicted octanol–water partition coefficient (Wildman–Crippen LogP) is 2.12. The fraction of sp³-hybridized carbons (Fsp3) is 0.625. The normalized spacial score (nSPS) is 32.1. The number of hydrogen-bond acceptors (Lipinski definition) is 6. The molecule has 0 unspecified atom stereocenters. The van der Waals surface area contributed by atoms with Crippen molar-refractivity contribution in [1.29, 1.82) is 0 Å². The molecule has 2 saturated heterocycles. The standard InChI is InChI=1S/C16H21N3O5/c1-16(2)23-14-13(21-9-10-6-4-3-5-7-10)12(22-15(14)24-16)11(8-20)18-19-17/h3-7,11-15,20H,8-9H2,1-2H3/t11-,12+,13-,14+,15+/m0/s1. The van der Waals surface area contributed by atoms with Gasteiger partial charge in [-0.1, -0.05) is 35.4 Å². The molecule has 8 heteroatoms. The SMILES string of the molecule is CC1(C)O[C@H]2O[C@H]([C@H](CO)N=[N+]=[N-])[C@H](OCc3ccccc3)[C@H]2O1. The number of hydrogen-bond donors (Lipinski definition) is 1. The molecule has 5 atom stereocenters. The van der Waals surface area contributed by atoms with E-state index in [1.807, 2.05) is 30.3 Å². The number of ether oxygens (including phenoxy) is 4. The molecule has 8 nitrogen and oxygen atoms in total. The first-order valence-corrected chi connectivity index (χ1v) is 7.86.